The molecule has 0 N–H and O–H groups in total. The summed E-state index contributed by atoms with van der Waals surface area (Å²) in [6.45, 7) is 23.1. The summed E-state index contributed by atoms with van der Waals surface area (Å²) in [5.41, 5.74) is 4.56. The van der Waals surface area contributed by atoms with E-state index in [-0.39, 0.29) is 16.2 Å². The van der Waals surface area contributed by atoms with Gasteiger partial charge in [-0.05, 0) is 41.4 Å². The number of rotatable bonds is 3. The number of fused-ring (bicyclic) bond motifs is 1. The largest absolute Gasteiger partial charge is 0.241 e. The van der Waals surface area contributed by atoms with Crippen molar-refractivity contribution in [2.24, 2.45) is 0 Å². The lowest BCUT2D eigenvalue weighted by Crippen LogP contribution is -2.26. The molecule has 0 aliphatic rings. The molecule has 0 spiro atoms. The molecule has 2 rings (SSSR count). The number of pyridine rings is 1. The summed E-state index contributed by atoms with van der Waals surface area (Å²) >= 11 is 1.86. The molecule has 0 saturated carbocycles. The van der Waals surface area contributed by atoms with Crippen molar-refractivity contribution in [3.8, 4) is 0 Å². The van der Waals surface area contributed by atoms with Crippen molar-refractivity contribution < 1.29 is 0 Å². The summed E-state index contributed by atoms with van der Waals surface area (Å²) in [5, 5.41) is 1.37. The zero-order chi connectivity index (χ0) is 18.5. The predicted octanol–water partition coefficient (Wildman–Crippen LogP) is 7.28. The number of hydrogen-bond donors (Lipinski definition) is 0. The number of hydrogen-bond acceptors (Lipinski definition) is 2. The van der Waals surface area contributed by atoms with E-state index in [2.05, 4.69) is 75.3 Å². The van der Waals surface area contributed by atoms with Crippen LogP contribution in [0.25, 0.3) is 10.2 Å². The first kappa shape index (κ1) is 19.4. The summed E-state index contributed by atoms with van der Waals surface area (Å²) < 4.78 is 0. The van der Waals surface area contributed by atoms with E-state index < -0.39 is 0 Å². The number of nitrogens with zero attached hydrogens (tertiary/aromatic N) is 1. The van der Waals surface area contributed by atoms with E-state index in [1.807, 2.05) is 11.3 Å². The minimum atomic E-state index is 0.0638. The van der Waals surface area contributed by atoms with E-state index in [0.29, 0.717) is 0 Å². The Morgan fingerprint density at radius 3 is 2.00 bits per heavy atom. The van der Waals surface area contributed by atoms with Crippen molar-refractivity contribution in [1.29, 1.82) is 0 Å². The third kappa shape index (κ3) is 3.54. The lowest BCUT2D eigenvalue weighted by molar-refractivity contribution is 0.449. The molecule has 2 aromatic rings. The summed E-state index contributed by atoms with van der Waals surface area (Å²) in [4.78, 5) is 7.83. The van der Waals surface area contributed by atoms with Gasteiger partial charge in [0.1, 0.15) is 4.83 Å². The van der Waals surface area contributed by atoms with Crippen LogP contribution in [0.15, 0.2) is 6.07 Å². The fourth-order valence-electron chi connectivity index (χ4n) is 3.92. The number of thiophene rings is 1. The van der Waals surface area contributed by atoms with Gasteiger partial charge in [0, 0.05) is 15.7 Å². The third-order valence-corrected chi connectivity index (χ3v) is 5.94. The monoisotopic (exact) mass is 345 g/mol. The Morgan fingerprint density at radius 1 is 0.958 bits per heavy atom. The van der Waals surface area contributed by atoms with Crippen LogP contribution in [0.4, 0.5) is 0 Å². The Bertz CT molecular complexity index is 736. The Labute approximate surface area is 152 Å². The molecule has 0 atom stereocenters. The average Bonchev–Trinajstić information content (AvgIpc) is 2.70. The highest BCUT2D eigenvalue weighted by Crippen LogP contribution is 2.43. The van der Waals surface area contributed by atoms with Crippen molar-refractivity contribution in [3.63, 3.8) is 0 Å². The normalized spacial score (nSPS) is 13.8. The Hall–Kier alpha value is -0.890. The second-order valence-corrected chi connectivity index (χ2v) is 11.1. The minimum absolute atomic E-state index is 0.0638. The van der Waals surface area contributed by atoms with Gasteiger partial charge in [0.2, 0.25) is 0 Å². The van der Waals surface area contributed by atoms with Gasteiger partial charge in [0.05, 0.1) is 5.69 Å². The summed E-state index contributed by atoms with van der Waals surface area (Å²) in [5.74, 6) is 0. The zero-order valence-electron chi connectivity index (χ0n) is 17.3. The highest BCUT2D eigenvalue weighted by molar-refractivity contribution is 7.18. The second kappa shape index (κ2) is 6.12. The van der Waals surface area contributed by atoms with Gasteiger partial charge < -0.3 is 0 Å². The van der Waals surface area contributed by atoms with E-state index in [1.54, 1.807) is 0 Å². The molecule has 0 aliphatic heterocycles. The molecule has 2 aromatic heterocycles. The van der Waals surface area contributed by atoms with Crippen molar-refractivity contribution in [1.82, 2.24) is 4.98 Å². The molecule has 24 heavy (non-hydrogen) atoms. The maximum Gasteiger partial charge on any atom is 0.124 e. The van der Waals surface area contributed by atoms with Gasteiger partial charge in [0.25, 0.3) is 0 Å². The van der Waals surface area contributed by atoms with Gasteiger partial charge in [0.15, 0.2) is 0 Å². The molecule has 0 aromatic carbocycles. The zero-order valence-corrected chi connectivity index (χ0v) is 18.2. The molecule has 0 amide bonds. The lowest BCUT2D eigenvalue weighted by Gasteiger charge is -2.32. The molecule has 0 fully saturated rings. The van der Waals surface area contributed by atoms with E-state index in [1.165, 1.54) is 44.8 Å². The number of aromatic nitrogens is 1. The first-order chi connectivity index (χ1) is 10.8. The van der Waals surface area contributed by atoms with E-state index >= 15 is 0 Å². The van der Waals surface area contributed by atoms with Gasteiger partial charge >= 0.3 is 0 Å². The van der Waals surface area contributed by atoms with E-state index in [0.717, 1.165) is 0 Å². The summed E-state index contributed by atoms with van der Waals surface area (Å²) in [6, 6.07) is 2.47. The predicted molar refractivity (Wildman–Crippen MR) is 110 cm³/mol. The maximum atomic E-state index is 5.21. The molecular weight excluding hydrogens is 310 g/mol. The van der Waals surface area contributed by atoms with Crippen LogP contribution in [-0.2, 0) is 16.2 Å². The van der Waals surface area contributed by atoms with Crippen LogP contribution in [0.3, 0.4) is 0 Å². The molecular formula is C22H35NS. The number of aryl methyl sites for hydroxylation is 1. The summed E-state index contributed by atoms with van der Waals surface area (Å²) in [6.07, 6.45) is 2.39. The van der Waals surface area contributed by atoms with Crippen LogP contribution >= 0.6 is 11.3 Å². The van der Waals surface area contributed by atoms with E-state index in [4.69, 9.17) is 4.98 Å². The van der Waals surface area contributed by atoms with Gasteiger partial charge in [-0.2, -0.15) is 0 Å². The molecule has 0 saturated heterocycles. The highest BCUT2D eigenvalue weighted by atomic mass is 32.1. The fraction of sp³-hybridized carbons (Fsp3) is 0.682. The van der Waals surface area contributed by atoms with Crippen LogP contribution in [0, 0.1) is 6.92 Å². The SMILES string of the molecule is CCCC(C)(C)c1cc2c(C(C)(C)C)c(C)sc2nc1C(C)(C)C. The van der Waals surface area contributed by atoms with E-state index in [9.17, 15) is 0 Å². The van der Waals surface area contributed by atoms with Crippen LogP contribution in [0.2, 0.25) is 0 Å². The van der Waals surface area contributed by atoms with Gasteiger partial charge in [-0.15, -0.1) is 11.3 Å². The van der Waals surface area contributed by atoms with Gasteiger partial charge in [-0.25, -0.2) is 4.98 Å². The first-order valence-electron chi connectivity index (χ1n) is 9.24. The Balaban J connectivity index is 2.88. The van der Waals surface area contributed by atoms with Crippen molar-refractivity contribution in [2.45, 2.75) is 98.3 Å². The standard InChI is InChI=1S/C22H35NS/c1-11-12-22(9,10)16-13-15-17(20(3,4)5)14(2)24-19(15)23-18(16)21(6,7)8/h13H,11-12H2,1-10H3. The van der Waals surface area contributed by atoms with Crippen LogP contribution < -0.4 is 0 Å². The smallest absolute Gasteiger partial charge is 0.124 e. The molecule has 1 nitrogen and oxygen atoms in total. The Kier molecular flexibility index (Phi) is 4.96. The third-order valence-electron chi connectivity index (χ3n) is 4.92. The molecule has 0 bridgehead atoms. The van der Waals surface area contributed by atoms with Crippen LogP contribution in [0.5, 0.6) is 0 Å². The lowest BCUT2D eigenvalue weighted by atomic mass is 9.74. The van der Waals surface area contributed by atoms with Gasteiger partial charge in [-0.1, -0.05) is 68.7 Å². The van der Waals surface area contributed by atoms with Gasteiger partial charge in [-0.3, -0.25) is 0 Å². The molecule has 2 heterocycles. The van der Waals surface area contributed by atoms with Crippen LogP contribution in [0.1, 0.15) is 96.9 Å². The van der Waals surface area contributed by atoms with Crippen molar-refractivity contribution >= 4 is 21.6 Å². The van der Waals surface area contributed by atoms with Crippen LogP contribution in [-0.4, -0.2) is 4.98 Å². The topological polar surface area (TPSA) is 12.9 Å². The second-order valence-electron chi connectivity index (χ2n) is 9.90. The summed E-state index contributed by atoms with van der Waals surface area (Å²) in [7, 11) is 0. The molecule has 0 aliphatic carbocycles. The van der Waals surface area contributed by atoms with Crippen molar-refractivity contribution in [3.05, 3.63) is 27.8 Å². The fourth-order valence-corrected chi connectivity index (χ4v) is 5.13. The first-order valence-corrected chi connectivity index (χ1v) is 10.1. The quantitative estimate of drug-likeness (QED) is 0.569. The molecule has 0 radical (unpaired) electrons. The average molecular weight is 346 g/mol. The molecule has 0 unspecified atom stereocenters. The maximum absolute atomic E-state index is 5.21. The molecule has 134 valence electrons. The minimum Gasteiger partial charge on any atom is -0.241 e. The van der Waals surface area contributed by atoms with Crippen molar-refractivity contribution in [2.75, 3.05) is 0 Å². The molecule has 2 heteroatoms. The Morgan fingerprint density at radius 2 is 1.54 bits per heavy atom. The highest BCUT2D eigenvalue weighted by Gasteiger charge is 2.32.